The summed E-state index contributed by atoms with van der Waals surface area (Å²) in [4.78, 5) is 12.1. The van der Waals surface area contributed by atoms with Gasteiger partial charge in [-0.2, -0.15) is 0 Å². The standard InChI is InChI=1S/C13H20N2O3/c1-3-13(4-2,8-14)15-12(18)11-9(16)6-5-7-10(11)17/h5-7,16-17H,3-4,8,14H2,1-2H3,(H,15,18). The van der Waals surface area contributed by atoms with E-state index in [2.05, 4.69) is 5.32 Å². The van der Waals surface area contributed by atoms with Crippen LogP contribution in [0.1, 0.15) is 37.0 Å². The highest BCUT2D eigenvalue weighted by Gasteiger charge is 2.28. The lowest BCUT2D eigenvalue weighted by Gasteiger charge is -2.31. The molecule has 0 unspecified atom stereocenters. The zero-order valence-corrected chi connectivity index (χ0v) is 10.7. The summed E-state index contributed by atoms with van der Waals surface area (Å²) < 4.78 is 0. The maximum absolute atomic E-state index is 12.1. The molecule has 0 aliphatic rings. The molecule has 5 heteroatoms. The molecule has 0 fully saturated rings. The Labute approximate surface area is 107 Å². The van der Waals surface area contributed by atoms with Gasteiger partial charge in [0.05, 0.1) is 5.54 Å². The molecular formula is C13H20N2O3. The Morgan fingerprint density at radius 1 is 1.28 bits per heavy atom. The lowest BCUT2D eigenvalue weighted by molar-refractivity contribution is 0.0889. The molecule has 1 aromatic rings. The molecular weight excluding hydrogens is 232 g/mol. The van der Waals surface area contributed by atoms with Crippen molar-refractivity contribution in [2.45, 2.75) is 32.2 Å². The number of aromatic hydroxyl groups is 2. The van der Waals surface area contributed by atoms with E-state index in [-0.39, 0.29) is 17.1 Å². The van der Waals surface area contributed by atoms with E-state index in [1.54, 1.807) is 0 Å². The average molecular weight is 252 g/mol. The van der Waals surface area contributed by atoms with Crippen LogP contribution < -0.4 is 11.1 Å². The van der Waals surface area contributed by atoms with Crippen molar-refractivity contribution in [3.05, 3.63) is 23.8 Å². The highest BCUT2D eigenvalue weighted by atomic mass is 16.3. The Morgan fingerprint density at radius 2 is 1.78 bits per heavy atom. The fourth-order valence-corrected chi connectivity index (χ4v) is 1.83. The van der Waals surface area contributed by atoms with E-state index in [9.17, 15) is 15.0 Å². The number of phenols is 2. The van der Waals surface area contributed by atoms with Crippen LogP contribution in [0.4, 0.5) is 0 Å². The molecule has 0 saturated heterocycles. The van der Waals surface area contributed by atoms with Gasteiger partial charge in [0.1, 0.15) is 17.1 Å². The third kappa shape index (κ3) is 2.73. The fraction of sp³-hybridized carbons (Fsp3) is 0.462. The topological polar surface area (TPSA) is 95.6 Å². The van der Waals surface area contributed by atoms with Gasteiger partial charge in [0.25, 0.3) is 5.91 Å². The minimum atomic E-state index is -0.514. The lowest BCUT2D eigenvalue weighted by atomic mass is 9.92. The van der Waals surface area contributed by atoms with Crippen LogP contribution in [-0.4, -0.2) is 28.2 Å². The second-order valence-electron chi connectivity index (χ2n) is 4.32. The van der Waals surface area contributed by atoms with Crippen molar-refractivity contribution in [2.24, 2.45) is 5.73 Å². The zero-order chi connectivity index (χ0) is 13.8. The van der Waals surface area contributed by atoms with E-state index in [1.165, 1.54) is 18.2 Å². The van der Waals surface area contributed by atoms with Crippen LogP contribution in [-0.2, 0) is 0 Å². The van der Waals surface area contributed by atoms with Crippen molar-refractivity contribution in [3.8, 4) is 11.5 Å². The monoisotopic (exact) mass is 252 g/mol. The first-order valence-electron chi connectivity index (χ1n) is 6.03. The zero-order valence-electron chi connectivity index (χ0n) is 10.7. The van der Waals surface area contributed by atoms with Crippen molar-refractivity contribution in [1.29, 1.82) is 0 Å². The first-order chi connectivity index (χ1) is 8.49. The molecule has 0 heterocycles. The Bertz CT molecular complexity index is 400. The van der Waals surface area contributed by atoms with Crippen LogP contribution in [0, 0.1) is 0 Å². The van der Waals surface area contributed by atoms with Crippen LogP contribution in [0.15, 0.2) is 18.2 Å². The maximum atomic E-state index is 12.1. The first kappa shape index (κ1) is 14.3. The van der Waals surface area contributed by atoms with E-state index < -0.39 is 11.4 Å². The largest absolute Gasteiger partial charge is 0.507 e. The van der Waals surface area contributed by atoms with Gasteiger partial charge in [-0.15, -0.1) is 0 Å². The minimum Gasteiger partial charge on any atom is -0.507 e. The van der Waals surface area contributed by atoms with E-state index in [0.717, 1.165) is 0 Å². The molecule has 0 aliphatic carbocycles. The Balaban J connectivity index is 3.02. The number of amides is 1. The molecule has 1 amide bonds. The Kier molecular flexibility index (Phi) is 4.55. The molecule has 1 aromatic carbocycles. The predicted octanol–water partition coefficient (Wildman–Crippen LogP) is 1.35. The number of carbonyl (C=O) groups excluding carboxylic acids is 1. The summed E-state index contributed by atoms with van der Waals surface area (Å²) in [6.07, 6.45) is 1.36. The number of carbonyl (C=O) groups is 1. The van der Waals surface area contributed by atoms with E-state index in [4.69, 9.17) is 5.73 Å². The Morgan fingerprint density at radius 3 is 2.17 bits per heavy atom. The molecule has 0 saturated carbocycles. The normalized spacial score (nSPS) is 11.3. The number of phenolic OH excluding ortho intramolecular Hbond substituents is 2. The Hall–Kier alpha value is -1.75. The van der Waals surface area contributed by atoms with Crippen molar-refractivity contribution in [3.63, 3.8) is 0 Å². The van der Waals surface area contributed by atoms with Crippen LogP contribution in [0.5, 0.6) is 11.5 Å². The highest BCUT2D eigenvalue weighted by Crippen LogP contribution is 2.27. The van der Waals surface area contributed by atoms with Gasteiger partial charge in [-0.3, -0.25) is 4.79 Å². The molecule has 0 aromatic heterocycles. The molecule has 0 atom stereocenters. The van der Waals surface area contributed by atoms with Gasteiger partial charge in [-0.25, -0.2) is 0 Å². The number of nitrogens with one attached hydrogen (secondary N) is 1. The summed E-state index contributed by atoms with van der Waals surface area (Å²) in [6, 6.07) is 4.19. The SMILES string of the molecule is CCC(CC)(CN)NC(=O)c1c(O)cccc1O. The lowest BCUT2D eigenvalue weighted by Crippen LogP contribution is -2.52. The molecule has 5 N–H and O–H groups in total. The van der Waals surface area contributed by atoms with Crippen LogP contribution in [0.3, 0.4) is 0 Å². The molecule has 18 heavy (non-hydrogen) atoms. The van der Waals surface area contributed by atoms with Crippen molar-refractivity contribution < 1.29 is 15.0 Å². The summed E-state index contributed by atoms with van der Waals surface area (Å²) in [5.41, 5.74) is 5.07. The van der Waals surface area contributed by atoms with Gasteiger partial charge in [-0.05, 0) is 25.0 Å². The average Bonchev–Trinajstić information content (AvgIpc) is 2.36. The van der Waals surface area contributed by atoms with Gasteiger partial charge in [0.2, 0.25) is 0 Å². The summed E-state index contributed by atoms with van der Waals surface area (Å²) in [5.74, 6) is -1.00. The number of hydrogen-bond donors (Lipinski definition) is 4. The summed E-state index contributed by atoms with van der Waals surface area (Å²) in [5, 5.41) is 22.0. The van der Waals surface area contributed by atoms with Crippen molar-refractivity contribution in [2.75, 3.05) is 6.54 Å². The third-order valence-corrected chi connectivity index (χ3v) is 3.37. The molecule has 0 bridgehead atoms. The molecule has 5 nitrogen and oxygen atoms in total. The number of hydrogen-bond acceptors (Lipinski definition) is 4. The molecule has 1 rings (SSSR count). The van der Waals surface area contributed by atoms with Crippen LogP contribution in [0.2, 0.25) is 0 Å². The van der Waals surface area contributed by atoms with Crippen molar-refractivity contribution >= 4 is 5.91 Å². The molecule has 0 aliphatic heterocycles. The first-order valence-corrected chi connectivity index (χ1v) is 6.03. The van der Waals surface area contributed by atoms with E-state index in [0.29, 0.717) is 19.4 Å². The summed E-state index contributed by atoms with van der Waals surface area (Å²) in [7, 11) is 0. The number of nitrogens with two attached hydrogens (primary N) is 1. The summed E-state index contributed by atoms with van der Waals surface area (Å²) >= 11 is 0. The minimum absolute atomic E-state index is 0.114. The van der Waals surface area contributed by atoms with Crippen LogP contribution >= 0.6 is 0 Å². The second kappa shape index (κ2) is 5.73. The maximum Gasteiger partial charge on any atom is 0.259 e. The van der Waals surface area contributed by atoms with E-state index >= 15 is 0 Å². The smallest absolute Gasteiger partial charge is 0.259 e. The summed E-state index contributed by atoms with van der Waals surface area (Å²) in [6.45, 7) is 4.17. The van der Waals surface area contributed by atoms with E-state index in [1.807, 2.05) is 13.8 Å². The molecule has 0 spiro atoms. The van der Waals surface area contributed by atoms with Crippen LogP contribution in [0.25, 0.3) is 0 Å². The molecule has 0 radical (unpaired) electrons. The van der Waals surface area contributed by atoms with Gasteiger partial charge in [0, 0.05) is 6.54 Å². The highest BCUT2D eigenvalue weighted by molar-refractivity contribution is 5.99. The van der Waals surface area contributed by atoms with Gasteiger partial charge in [0.15, 0.2) is 0 Å². The van der Waals surface area contributed by atoms with Gasteiger partial charge < -0.3 is 21.3 Å². The fourth-order valence-electron chi connectivity index (χ4n) is 1.83. The number of benzene rings is 1. The quantitative estimate of drug-likeness (QED) is 0.636. The van der Waals surface area contributed by atoms with Crippen molar-refractivity contribution in [1.82, 2.24) is 5.32 Å². The number of rotatable bonds is 5. The predicted molar refractivity (Wildman–Crippen MR) is 69.6 cm³/mol. The molecule has 100 valence electrons. The third-order valence-electron chi connectivity index (χ3n) is 3.37. The second-order valence-corrected chi connectivity index (χ2v) is 4.32. The van der Waals surface area contributed by atoms with Gasteiger partial charge in [-0.1, -0.05) is 19.9 Å². The van der Waals surface area contributed by atoms with Gasteiger partial charge >= 0.3 is 0 Å².